The van der Waals surface area contributed by atoms with Crippen molar-refractivity contribution >= 4 is 11.8 Å². The second-order valence-corrected chi connectivity index (χ2v) is 3.84. The van der Waals surface area contributed by atoms with Crippen LogP contribution in [0.3, 0.4) is 0 Å². The van der Waals surface area contributed by atoms with E-state index in [0.29, 0.717) is 5.95 Å². The number of hydrazine groups is 1. The molecule has 2 rings (SSSR count). The van der Waals surface area contributed by atoms with Gasteiger partial charge in [0.25, 0.3) is 0 Å². The lowest BCUT2D eigenvalue weighted by Gasteiger charge is -2.16. The third-order valence-corrected chi connectivity index (χ3v) is 2.91. The Hall–Kier alpha value is -1.44. The van der Waals surface area contributed by atoms with Crippen LogP contribution >= 0.6 is 0 Å². The van der Waals surface area contributed by atoms with E-state index in [1.54, 1.807) is 20.4 Å². The van der Waals surface area contributed by atoms with E-state index in [1.807, 2.05) is 6.07 Å². The lowest BCUT2D eigenvalue weighted by atomic mass is 10.3. The van der Waals surface area contributed by atoms with E-state index < -0.39 is 0 Å². The summed E-state index contributed by atoms with van der Waals surface area (Å²) in [5.41, 5.74) is 2.43. The standard InChI is InChI=1S/C10H17N5O2/c1-16-7-5-15(6-8(7)17-2)9-3-4-12-10(13-9)14-11/h3-4,7-8H,5-6,11H2,1-2H3,(H,12,13,14). The molecule has 2 atom stereocenters. The molecule has 0 aliphatic carbocycles. The third-order valence-electron chi connectivity index (χ3n) is 2.91. The molecular weight excluding hydrogens is 222 g/mol. The van der Waals surface area contributed by atoms with Crippen LogP contribution < -0.4 is 16.2 Å². The molecule has 1 aliphatic heterocycles. The Morgan fingerprint density at radius 2 is 2.00 bits per heavy atom. The van der Waals surface area contributed by atoms with E-state index in [2.05, 4.69) is 20.3 Å². The van der Waals surface area contributed by atoms with Crippen molar-refractivity contribution in [3.8, 4) is 0 Å². The molecule has 17 heavy (non-hydrogen) atoms. The van der Waals surface area contributed by atoms with Crippen LogP contribution in [0.15, 0.2) is 12.3 Å². The lowest BCUT2D eigenvalue weighted by molar-refractivity contribution is -0.00461. The maximum atomic E-state index is 5.37. The number of rotatable bonds is 4. The molecular formula is C10H17N5O2. The summed E-state index contributed by atoms with van der Waals surface area (Å²) in [7, 11) is 3.38. The van der Waals surface area contributed by atoms with E-state index in [4.69, 9.17) is 15.3 Å². The Bertz CT molecular complexity index is 363. The average molecular weight is 239 g/mol. The summed E-state index contributed by atoms with van der Waals surface area (Å²) < 4.78 is 10.7. The molecule has 7 nitrogen and oxygen atoms in total. The van der Waals surface area contributed by atoms with Crippen LogP contribution in [0, 0.1) is 0 Å². The lowest BCUT2D eigenvalue weighted by Crippen LogP contribution is -2.27. The van der Waals surface area contributed by atoms with Crippen LogP contribution in [0.4, 0.5) is 11.8 Å². The highest BCUT2D eigenvalue weighted by atomic mass is 16.5. The van der Waals surface area contributed by atoms with Gasteiger partial charge < -0.3 is 14.4 Å². The maximum absolute atomic E-state index is 5.37. The molecule has 7 heteroatoms. The van der Waals surface area contributed by atoms with Crippen LogP contribution in [0.5, 0.6) is 0 Å². The zero-order chi connectivity index (χ0) is 12.3. The first kappa shape index (κ1) is 12.0. The number of hydrogen-bond donors (Lipinski definition) is 2. The molecule has 1 aromatic rings. The van der Waals surface area contributed by atoms with Crippen molar-refractivity contribution in [1.82, 2.24) is 9.97 Å². The van der Waals surface area contributed by atoms with E-state index in [0.717, 1.165) is 18.9 Å². The van der Waals surface area contributed by atoms with Crippen LogP contribution in [-0.2, 0) is 9.47 Å². The van der Waals surface area contributed by atoms with Gasteiger partial charge in [-0.2, -0.15) is 4.98 Å². The monoisotopic (exact) mass is 239 g/mol. The van der Waals surface area contributed by atoms with Gasteiger partial charge in [0.05, 0.1) is 0 Å². The first-order valence-corrected chi connectivity index (χ1v) is 5.38. The Labute approximate surface area is 99.9 Å². The molecule has 3 N–H and O–H groups in total. The number of nitrogens with one attached hydrogen (secondary N) is 1. The molecule has 0 bridgehead atoms. The van der Waals surface area contributed by atoms with Gasteiger partial charge in [-0.1, -0.05) is 0 Å². The average Bonchev–Trinajstić information content (AvgIpc) is 2.82. The molecule has 0 radical (unpaired) electrons. The summed E-state index contributed by atoms with van der Waals surface area (Å²) in [4.78, 5) is 10.3. The predicted octanol–water partition coefficient (Wildman–Crippen LogP) is -0.388. The van der Waals surface area contributed by atoms with Gasteiger partial charge in [0.15, 0.2) is 0 Å². The highest BCUT2D eigenvalue weighted by Crippen LogP contribution is 2.21. The van der Waals surface area contributed by atoms with Crippen molar-refractivity contribution in [2.75, 3.05) is 37.6 Å². The molecule has 2 unspecified atom stereocenters. The second-order valence-electron chi connectivity index (χ2n) is 3.84. The first-order chi connectivity index (χ1) is 8.28. The van der Waals surface area contributed by atoms with E-state index in [1.165, 1.54) is 0 Å². The number of hydrogen-bond acceptors (Lipinski definition) is 7. The van der Waals surface area contributed by atoms with Gasteiger partial charge in [-0.05, 0) is 6.07 Å². The number of aromatic nitrogens is 2. The van der Waals surface area contributed by atoms with Gasteiger partial charge in [-0.3, -0.25) is 5.43 Å². The van der Waals surface area contributed by atoms with Crippen molar-refractivity contribution in [2.24, 2.45) is 5.84 Å². The summed E-state index contributed by atoms with van der Waals surface area (Å²) in [5.74, 6) is 6.50. The van der Waals surface area contributed by atoms with Gasteiger partial charge in [-0.25, -0.2) is 10.8 Å². The zero-order valence-corrected chi connectivity index (χ0v) is 9.96. The smallest absolute Gasteiger partial charge is 0.239 e. The summed E-state index contributed by atoms with van der Waals surface area (Å²) in [6, 6.07) is 1.84. The zero-order valence-electron chi connectivity index (χ0n) is 9.96. The Kier molecular flexibility index (Phi) is 3.72. The fourth-order valence-corrected chi connectivity index (χ4v) is 1.98. The summed E-state index contributed by atoms with van der Waals surface area (Å²) >= 11 is 0. The highest BCUT2D eigenvalue weighted by Gasteiger charge is 2.33. The summed E-state index contributed by atoms with van der Waals surface area (Å²) in [6.45, 7) is 1.49. The normalized spacial score (nSPS) is 24.1. The van der Waals surface area contributed by atoms with Crippen molar-refractivity contribution in [2.45, 2.75) is 12.2 Å². The first-order valence-electron chi connectivity index (χ1n) is 5.38. The number of nitrogens with zero attached hydrogens (tertiary/aromatic N) is 3. The Morgan fingerprint density at radius 3 is 2.53 bits per heavy atom. The molecule has 1 fully saturated rings. The van der Waals surface area contributed by atoms with E-state index >= 15 is 0 Å². The Morgan fingerprint density at radius 1 is 1.35 bits per heavy atom. The van der Waals surface area contributed by atoms with Crippen LogP contribution in [0.2, 0.25) is 0 Å². The van der Waals surface area contributed by atoms with Gasteiger partial charge in [0, 0.05) is 33.5 Å². The quantitative estimate of drug-likeness (QED) is 0.546. The summed E-state index contributed by atoms with van der Waals surface area (Å²) in [5, 5.41) is 0. The van der Waals surface area contributed by atoms with Crippen molar-refractivity contribution in [3.05, 3.63) is 12.3 Å². The van der Waals surface area contributed by atoms with Crippen LogP contribution in [0.1, 0.15) is 0 Å². The largest absolute Gasteiger partial charge is 0.377 e. The predicted molar refractivity (Wildman–Crippen MR) is 63.6 cm³/mol. The number of ether oxygens (including phenoxy) is 2. The van der Waals surface area contributed by atoms with Crippen molar-refractivity contribution in [3.63, 3.8) is 0 Å². The minimum absolute atomic E-state index is 0.0595. The molecule has 0 saturated carbocycles. The topological polar surface area (TPSA) is 85.5 Å². The SMILES string of the molecule is COC1CN(c2ccnc(NN)n2)CC1OC. The number of nitrogens with two attached hydrogens (primary N) is 1. The molecule has 2 heterocycles. The minimum Gasteiger partial charge on any atom is -0.377 e. The number of methoxy groups -OCH3 is 2. The number of nitrogen functional groups attached to an aromatic ring is 1. The maximum Gasteiger partial charge on any atom is 0.239 e. The highest BCUT2D eigenvalue weighted by molar-refractivity contribution is 5.43. The van der Waals surface area contributed by atoms with Gasteiger partial charge in [-0.15, -0.1) is 0 Å². The van der Waals surface area contributed by atoms with Gasteiger partial charge in [0.2, 0.25) is 5.95 Å². The van der Waals surface area contributed by atoms with Gasteiger partial charge in [0.1, 0.15) is 18.0 Å². The third kappa shape index (κ3) is 2.46. The molecule has 0 aromatic carbocycles. The molecule has 0 amide bonds. The molecule has 94 valence electrons. The minimum atomic E-state index is 0.0595. The van der Waals surface area contributed by atoms with Crippen LogP contribution in [0.25, 0.3) is 0 Å². The van der Waals surface area contributed by atoms with E-state index in [9.17, 15) is 0 Å². The summed E-state index contributed by atoms with van der Waals surface area (Å²) in [6.07, 6.45) is 1.79. The molecule has 1 aromatic heterocycles. The fourth-order valence-electron chi connectivity index (χ4n) is 1.98. The van der Waals surface area contributed by atoms with Crippen molar-refractivity contribution < 1.29 is 9.47 Å². The Balaban J connectivity index is 2.13. The van der Waals surface area contributed by atoms with Crippen LogP contribution in [-0.4, -0.2) is 49.5 Å². The molecule has 0 spiro atoms. The molecule has 1 aliphatic rings. The fraction of sp³-hybridized carbons (Fsp3) is 0.600. The molecule has 1 saturated heterocycles. The second kappa shape index (κ2) is 5.26. The van der Waals surface area contributed by atoms with E-state index in [-0.39, 0.29) is 12.2 Å². The number of anilines is 2. The van der Waals surface area contributed by atoms with Gasteiger partial charge >= 0.3 is 0 Å². The van der Waals surface area contributed by atoms with Crippen molar-refractivity contribution in [1.29, 1.82) is 0 Å².